The number of benzene rings is 6. The third-order valence-corrected chi connectivity index (χ3v) is 18.0. The number of fused-ring (bicyclic) bond motifs is 8. The highest BCUT2D eigenvalue weighted by Gasteiger charge is 2.50. The van der Waals surface area contributed by atoms with E-state index in [2.05, 4.69) is 238 Å². The standard InChI is InChI=1S/C67H79BN2O/c1-40-33-45(63(8,9)10)25-28-53(40)70-54-38-50-49(65(13,14)30-31-66(50,15)16)37-52(54)68-58-55(34-42(35-56(58)70)41-19-21-43(22-20-41)61(2,3)4)69(46-26-23-44(24-27-46)62(5,6)7)59-47-36-48-51(39-57(47)71-60(59)68)67(17,18)32-29-64(48,11)12/h19-28,33-39H,29-32H2,1-18H3. The van der Waals surface area contributed by atoms with Crippen LogP contribution in [0.1, 0.15) is 188 Å². The summed E-state index contributed by atoms with van der Waals surface area (Å²) in [6.45, 7) is 42.7. The van der Waals surface area contributed by atoms with Gasteiger partial charge in [0.25, 0.3) is 6.71 Å². The second kappa shape index (κ2) is 15.3. The van der Waals surface area contributed by atoms with Gasteiger partial charge in [-0.2, -0.15) is 0 Å². The normalized spacial score (nSPS) is 18.4. The van der Waals surface area contributed by atoms with Crippen LogP contribution in [0.25, 0.3) is 22.1 Å². The molecule has 0 fully saturated rings. The molecule has 7 aromatic rings. The quantitative estimate of drug-likeness (QED) is 0.165. The van der Waals surface area contributed by atoms with Crippen molar-refractivity contribution in [2.45, 2.75) is 188 Å². The minimum Gasteiger partial charge on any atom is -0.468 e. The van der Waals surface area contributed by atoms with Gasteiger partial charge in [-0.05, 0) is 186 Å². The fraction of sp³-hybridized carbons (Fsp3) is 0.433. The Labute approximate surface area is 427 Å². The van der Waals surface area contributed by atoms with E-state index in [1.807, 2.05) is 0 Å². The van der Waals surface area contributed by atoms with Crippen LogP contribution in [-0.4, -0.2) is 6.71 Å². The molecule has 0 radical (unpaired) electrons. The molecule has 1 aromatic heterocycles. The predicted octanol–water partition coefficient (Wildman–Crippen LogP) is 17.1. The maximum Gasteiger partial charge on any atom is 0.297 e. The number of nitrogens with zero attached hydrogens (tertiary/aromatic N) is 2. The van der Waals surface area contributed by atoms with Gasteiger partial charge in [-0.1, -0.05) is 172 Å². The molecule has 2 aliphatic heterocycles. The maximum absolute atomic E-state index is 7.71. The summed E-state index contributed by atoms with van der Waals surface area (Å²) in [4.78, 5) is 5.27. The molecule has 0 amide bonds. The van der Waals surface area contributed by atoms with Crippen LogP contribution in [0.3, 0.4) is 0 Å². The van der Waals surface area contributed by atoms with Crippen molar-refractivity contribution in [3.05, 3.63) is 148 Å². The average molecular weight is 939 g/mol. The Kier molecular flexibility index (Phi) is 10.3. The van der Waals surface area contributed by atoms with Gasteiger partial charge in [-0.25, -0.2) is 0 Å². The molecule has 0 spiro atoms. The Morgan fingerprint density at radius 3 is 1.44 bits per heavy atom. The minimum absolute atomic E-state index is 0.0147. The average Bonchev–Trinajstić information content (AvgIpc) is 3.66. The third kappa shape index (κ3) is 7.49. The molecule has 4 heteroatoms. The Balaban J connectivity index is 1.31. The highest BCUT2D eigenvalue weighted by atomic mass is 16.3. The van der Waals surface area contributed by atoms with Crippen molar-refractivity contribution in [2.75, 3.05) is 9.80 Å². The topological polar surface area (TPSA) is 19.6 Å². The molecular weight excluding hydrogens is 860 g/mol. The van der Waals surface area contributed by atoms with Crippen molar-refractivity contribution in [1.82, 2.24) is 0 Å². The van der Waals surface area contributed by atoms with Crippen molar-refractivity contribution < 1.29 is 4.42 Å². The largest absolute Gasteiger partial charge is 0.468 e. The van der Waals surface area contributed by atoms with Crippen LogP contribution in [0.15, 0.2) is 108 Å². The fourth-order valence-corrected chi connectivity index (χ4v) is 12.9. The second-order valence-electron chi connectivity index (χ2n) is 28.1. The zero-order valence-corrected chi connectivity index (χ0v) is 46.5. The molecule has 0 saturated heterocycles. The van der Waals surface area contributed by atoms with Crippen molar-refractivity contribution in [2.24, 2.45) is 0 Å². The summed E-state index contributed by atoms with van der Waals surface area (Å²) in [5.74, 6) is 0. The van der Waals surface area contributed by atoms with E-state index >= 15 is 0 Å². The van der Waals surface area contributed by atoms with Gasteiger partial charge in [0.1, 0.15) is 5.58 Å². The minimum atomic E-state index is -0.144. The molecule has 0 N–H and O–H groups in total. The summed E-state index contributed by atoms with van der Waals surface area (Å²) in [5.41, 5.74) is 25.7. The summed E-state index contributed by atoms with van der Waals surface area (Å²) >= 11 is 0. The number of furan rings is 1. The van der Waals surface area contributed by atoms with Crippen LogP contribution in [0.5, 0.6) is 0 Å². The van der Waals surface area contributed by atoms with Crippen LogP contribution < -0.4 is 26.4 Å². The molecular formula is C67H79BN2O. The van der Waals surface area contributed by atoms with Crippen LogP contribution in [-0.2, 0) is 37.9 Å². The molecule has 4 aliphatic rings. The van der Waals surface area contributed by atoms with Gasteiger partial charge in [-0.3, -0.25) is 0 Å². The Bertz CT molecular complexity index is 3320. The molecule has 3 heterocycles. The maximum atomic E-state index is 7.71. The summed E-state index contributed by atoms with van der Waals surface area (Å²) in [5, 5.41) is 1.20. The van der Waals surface area contributed by atoms with Crippen LogP contribution in [0.2, 0.25) is 0 Å². The molecule has 0 unspecified atom stereocenters. The molecule has 366 valence electrons. The summed E-state index contributed by atoms with van der Waals surface area (Å²) in [6.07, 6.45) is 4.61. The molecule has 2 aliphatic carbocycles. The molecule has 6 aromatic carbocycles. The van der Waals surface area contributed by atoms with Gasteiger partial charge in [0.2, 0.25) is 0 Å². The predicted molar refractivity (Wildman–Crippen MR) is 307 cm³/mol. The summed E-state index contributed by atoms with van der Waals surface area (Å²) < 4.78 is 7.71. The van der Waals surface area contributed by atoms with Gasteiger partial charge in [0.15, 0.2) is 0 Å². The van der Waals surface area contributed by atoms with E-state index < -0.39 is 0 Å². The van der Waals surface area contributed by atoms with Crippen LogP contribution >= 0.6 is 0 Å². The van der Waals surface area contributed by atoms with Gasteiger partial charge >= 0.3 is 0 Å². The number of anilines is 6. The van der Waals surface area contributed by atoms with E-state index in [-0.39, 0.29) is 44.6 Å². The van der Waals surface area contributed by atoms with Crippen LogP contribution in [0.4, 0.5) is 34.1 Å². The monoisotopic (exact) mass is 939 g/mol. The first kappa shape index (κ1) is 47.8. The zero-order chi connectivity index (χ0) is 50.9. The first-order chi connectivity index (χ1) is 33.0. The Morgan fingerprint density at radius 1 is 0.451 bits per heavy atom. The van der Waals surface area contributed by atoms with E-state index in [0.29, 0.717) is 0 Å². The van der Waals surface area contributed by atoms with E-state index in [1.54, 1.807) is 0 Å². The lowest BCUT2D eigenvalue weighted by atomic mass is 9.35. The lowest BCUT2D eigenvalue weighted by Crippen LogP contribution is -2.61. The molecule has 3 nitrogen and oxygen atoms in total. The first-order valence-electron chi connectivity index (χ1n) is 26.9. The molecule has 71 heavy (non-hydrogen) atoms. The SMILES string of the molecule is Cc1cc(C(C)(C)C)ccc1N1c2cc3c(cc2B2c4oc5cc6c(cc5c4N(c4ccc(C(C)(C)C)cc4)c4cc(-c5ccc(C(C)(C)C)cc5)cc1c42)C(C)(C)CCC6(C)C)C(C)(C)CCC3(C)C. The van der Waals surface area contributed by atoms with Gasteiger partial charge in [0, 0.05) is 33.8 Å². The van der Waals surface area contributed by atoms with Crippen molar-refractivity contribution in [1.29, 1.82) is 0 Å². The summed E-state index contributed by atoms with van der Waals surface area (Å²) in [7, 11) is 0. The lowest BCUT2D eigenvalue weighted by Gasteiger charge is -2.47. The van der Waals surface area contributed by atoms with Gasteiger partial charge in [0.05, 0.1) is 11.3 Å². The lowest BCUT2D eigenvalue weighted by molar-refractivity contribution is 0.332. The van der Waals surface area contributed by atoms with Gasteiger partial charge < -0.3 is 14.2 Å². The van der Waals surface area contributed by atoms with E-state index in [0.717, 1.165) is 42.6 Å². The smallest absolute Gasteiger partial charge is 0.297 e. The zero-order valence-electron chi connectivity index (χ0n) is 46.5. The Hall–Kier alpha value is -5.48. The molecule has 11 rings (SSSR count). The Morgan fingerprint density at radius 2 is 0.915 bits per heavy atom. The molecule has 0 atom stereocenters. The molecule has 0 saturated carbocycles. The third-order valence-electron chi connectivity index (χ3n) is 18.0. The second-order valence-corrected chi connectivity index (χ2v) is 28.1. The van der Waals surface area contributed by atoms with E-state index in [4.69, 9.17) is 4.42 Å². The van der Waals surface area contributed by atoms with Gasteiger partial charge in [-0.15, -0.1) is 0 Å². The van der Waals surface area contributed by atoms with Crippen LogP contribution in [0, 0.1) is 6.92 Å². The highest BCUT2D eigenvalue weighted by Crippen LogP contribution is 2.54. The fourth-order valence-electron chi connectivity index (χ4n) is 12.9. The number of rotatable bonds is 3. The first-order valence-corrected chi connectivity index (χ1v) is 26.9. The number of aryl methyl sites for hydroxylation is 1. The van der Waals surface area contributed by atoms with E-state index in [9.17, 15) is 0 Å². The van der Waals surface area contributed by atoms with Crippen molar-refractivity contribution >= 4 is 68.4 Å². The number of hydrogen-bond donors (Lipinski definition) is 0. The number of hydrogen-bond acceptors (Lipinski definition) is 3. The van der Waals surface area contributed by atoms with Crippen molar-refractivity contribution in [3.63, 3.8) is 0 Å². The summed E-state index contributed by atoms with van der Waals surface area (Å²) in [6, 6.07) is 41.4. The van der Waals surface area contributed by atoms with E-state index in [1.165, 1.54) is 100 Å². The highest BCUT2D eigenvalue weighted by molar-refractivity contribution is 7.00. The molecule has 0 bridgehead atoms. The van der Waals surface area contributed by atoms with Crippen molar-refractivity contribution in [3.8, 4) is 11.1 Å².